The highest BCUT2D eigenvalue weighted by Crippen LogP contribution is 2.21. The molecule has 0 atom stereocenters. The van der Waals surface area contributed by atoms with E-state index in [1.807, 2.05) is 0 Å². The highest BCUT2D eigenvalue weighted by Gasteiger charge is 2.23. The molecule has 0 bridgehead atoms. The quantitative estimate of drug-likeness (QED) is 0.783. The summed E-state index contributed by atoms with van der Waals surface area (Å²) >= 11 is 0. The highest BCUT2D eigenvalue weighted by molar-refractivity contribution is 7.91. The van der Waals surface area contributed by atoms with Crippen molar-refractivity contribution in [2.75, 3.05) is 0 Å². The van der Waals surface area contributed by atoms with E-state index in [2.05, 4.69) is 4.98 Å². The van der Waals surface area contributed by atoms with Gasteiger partial charge in [0.25, 0.3) is 0 Å². The Bertz CT molecular complexity index is 1070. The zero-order chi connectivity index (χ0) is 16.8. The molecule has 3 aromatic rings. The largest absolute Gasteiger partial charge is 0.360 e. The van der Waals surface area contributed by atoms with Crippen LogP contribution < -0.4 is 5.43 Å². The Kier molecular flexibility index (Phi) is 3.52. The van der Waals surface area contributed by atoms with Crippen molar-refractivity contribution in [3.8, 4) is 0 Å². The van der Waals surface area contributed by atoms with Gasteiger partial charge in [0, 0.05) is 17.6 Å². The summed E-state index contributed by atoms with van der Waals surface area (Å²) in [7, 11) is -4.06. The second kappa shape index (κ2) is 5.27. The Morgan fingerprint density at radius 2 is 1.61 bits per heavy atom. The Labute approximate surface area is 130 Å². The number of pyridine rings is 1. The minimum Gasteiger partial charge on any atom is -0.360 e. The SMILES string of the molecule is Cc1ccc(S(=O)(=O)c2c[nH]c3cc(F)c(F)cc3c2=O)cc1. The Morgan fingerprint density at radius 3 is 2.26 bits per heavy atom. The van der Waals surface area contributed by atoms with Crippen molar-refractivity contribution in [3.63, 3.8) is 0 Å². The molecule has 0 saturated carbocycles. The van der Waals surface area contributed by atoms with Crippen LogP contribution in [0.15, 0.2) is 57.2 Å². The minimum absolute atomic E-state index is 0.0248. The summed E-state index contributed by atoms with van der Waals surface area (Å²) < 4.78 is 51.7. The fourth-order valence-electron chi connectivity index (χ4n) is 2.24. The first-order valence-corrected chi connectivity index (χ1v) is 8.11. The van der Waals surface area contributed by atoms with Crippen LogP contribution in [-0.2, 0) is 9.84 Å². The molecule has 0 aliphatic heterocycles. The molecule has 7 heteroatoms. The fraction of sp³-hybridized carbons (Fsp3) is 0.0625. The Balaban J connectivity index is 2.28. The Hall–Kier alpha value is -2.54. The molecular formula is C16H11F2NO3S. The summed E-state index contributed by atoms with van der Waals surface area (Å²) in [6.07, 6.45) is 0.997. The molecule has 0 fully saturated rings. The zero-order valence-electron chi connectivity index (χ0n) is 11.9. The monoisotopic (exact) mass is 335 g/mol. The van der Waals surface area contributed by atoms with E-state index in [4.69, 9.17) is 0 Å². The molecule has 0 saturated heterocycles. The number of hydrogen-bond acceptors (Lipinski definition) is 3. The molecule has 23 heavy (non-hydrogen) atoms. The lowest BCUT2D eigenvalue weighted by molar-refractivity contribution is 0.510. The molecule has 118 valence electrons. The highest BCUT2D eigenvalue weighted by atomic mass is 32.2. The number of benzene rings is 2. The lowest BCUT2D eigenvalue weighted by Crippen LogP contribution is -2.16. The van der Waals surface area contributed by atoms with Crippen LogP contribution in [0.5, 0.6) is 0 Å². The predicted molar refractivity (Wildman–Crippen MR) is 81.1 cm³/mol. The first-order chi connectivity index (χ1) is 10.8. The maximum Gasteiger partial charge on any atom is 0.211 e. The molecule has 0 spiro atoms. The molecule has 1 aromatic heterocycles. The maximum absolute atomic E-state index is 13.3. The number of rotatable bonds is 2. The second-order valence-electron chi connectivity index (χ2n) is 5.11. The van der Waals surface area contributed by atoms with Gasteiger partial charge in [-0.2, -0.15) is 0 Å². The lowest BCUT2D eigenvalue weighted by atomic mass is 10.2. The molecule has 0 radical (unpaired) electrons. The average molecular weight is 335 g/mol. The summed E-state index contributed by atoms with van der Waals surface area (Å²) in [6.45, 7) is 1.80. The molecule has 4 nitrogen and oxygen atoms in total. The number of hydrogen-bond donors (Lipinski definition) is 1. The van der Waals surface area contributed by atoms with Crippen molar-refractivity contribution in [1.82, 2.24) is 4.98 Å². The summed E-state index contributed by atoms with van der Waals surface area (Å²) in [5.74, 6) is -2.34. The molecule has 0 unspecified atom stereocenters. The van der Waals surface area contributed by atoms with Crippen LogP contribution in [0.2, 0.25) is 0 Å². The van der Waals surface area contributed by atoms with E-state index >= 15 is 0 Å². The number of fused-ring (bicyclic) bond motifs is 1. The van der Waals surface area contributed by atoms with Crippen molar-refractivity contribution in [2.24, 2.45) is 0 Å². The van der Waals surface area contributed by atoms with Gasteiger partial charge in [0.2, 0.25) is 15.3 Å². The van der Waals surface area contributed by atoms with Gasteiger partial charge in [-0.05, 0) is 25.1 Å². The Morgan fingerprint density at radius 1 is 1.00 bits per heavy atom. The van der Waals surface area contributed by atoms with Crippen molar-refractivity contribution >= 4 is 20.7 Å². The average Bonchev–Trinajstić information content (AvgIpc) is 2.50. The van der Waals surface area contributed by atoms with E-state index in [0.717, 1.165) is 17.8 Å². The van der Waals surface area contributed by atoms with Gasteiger partial charge >= 0.3 is 0 Å². The number of aromatic amines is 1. The summed E-state index contributed by atoms with van der Waals surface area (Å²) in [6, 6.07) is 7.50. The normalized spacial score (nSPS) is 11.8. The van der Waals surface area contributed by atoms with Gasteiger partial charge in [-0.1, -0.05) is 17.7 Å². The number of sulfone groups is 1. The van der Waals surface area contributed by atoms with Crippen molar-refractivity contribution < 1.29 is 17.2 Å². The zero-order valence-corrected chi connectivity index (χ0v) is 12.7. The lowest BCUT2D eigenvalue weighted by Gasteiger charge is -2.06. The van der Waals surface area contributed by atoms with Crippen LogP contribution in [-0.4, -0.2) is 13.4 Å². The van der Waals surface area contributed by atoms with Gasteiger partial charge in [-0.25, -0.2) is 17.2 Å². The van der Waals surface area contributed by atoms with E-state index in [1.165, 1.54) is 12.1 Å². The first-order valence-electron chi connectivity index (χ1n) is 6.63. The van der Waals surface area contributed by atoms with Crippen LogP contribution >= 0.6 is 0 Å². The number of halogens is 2. The predicted octanol–water partition coefficient (Wildman–Crippen LogP) is 2.95. The van der Waals surface area contributed by atoms with Gasteiger partial charge < -0.3 is 4.98 Å². The molecular weight excluding hydrogens is 324 g/mol. The third-order valence-corrected chi connectivity index (χ3v) is 5.28. The molecule has 0 aliphatic carbocycles. The number of nitrogens with one attached hydrogen (secondary N) is 1. The minimum atomic E-state index is -4.06. The van der Waals surface area contributed by atoms with E-state index in [-0.39, 0.29) is 15.8 Å². The van der Waals surface area contributed by atoms with Crippen LogP contribution in [0.3, 0.4) is 0 Å². The van der Waals surface area contributed by atoms with E-state index in [0.29, 0.717) is 6.07 Å². The van der Waals surface area contributed by atoms with Crippen LogP contribution in [0, 0.1) is 18.6 Å². The van der Waals surface area contributed by atoms with Crippen molar-refractivity contribution in [2.45, 2.75) is 16.7 Å². The second-order valence-corrected chi connectivity index (χ2v) is 7.03. The van der Waals surface area contributed by atoms with E-state index < -0.39 is 31.8 Å². The first kappa shape index (κ1) is 15.4. The topological polar surface area (TPSA) is 67.0 Å². The molecule has 1 heterocycles. The third kappa shape index (κ3) is 2.53. The third-order valence-electron chi connectivity index (χ3n) is 3.51. The molecule has 2 aromatic carbocycles. The van der Waals surface area contributed by atoms with Gasteiger partial charge in [0.1, 0.15) is 4.90 Å². The van der Waals surface area contributed by atoms with E-state index in [1.54, 1.807) is 19.1 Å². The molecule has 0 aliphatic rings. The summed E-state index contributed by atoms with van der Waals surface area (Å²) in [5.41, 5.74) is 0.0175. The van der Waals surface area contributed by atoms with Crippen LogP contribution in [0.25, 0.3) is 10.9 Å². The van der Waals surface area contributed by atoms with Crippen LogP contribution in [0.1, 0.15) is 5.56 Å². The van der Waals surface area contributed by atoms with Gasteiger partial charge in [-0.15, -0.1) is 0 Å². The number of aromatic nitrogens is 1. The van der Waals surface area contributed by atoms with Crippen LogP contribution in [0.4, 0.5) is 8.78 Å². The van der Waals surface area contributed by atoms with Gasteiger partial charge in [-0.3, -0.25) is 4.79 Å². The summed E-state index contributed by atoms with van der Waals surface area (Å²) in [5, 5.41) is -0.225. The molecule has 0 amide bonds. The maximum atomic E-state index is 13.3. The smallest absolute Gasteiger partial charge is 0.211 e. The molecule has 1 N–H and O–H groups in total. The van der Waals surface area contributed by atoms with Crippen molar-refractivity contribution in [1.29, 1.82) is 0 Å². The van der Waals surface area contributed by atoms with Gasteiger partial charge in [0.05, 0.1) is 10.4 Å². The van der Waals surface area contributed by atoms with E-state index in [9.17, 15) is 22.0 Å². The van der Waals surface area contributed by atoms with Gasteiger partial charge in [0.15, 0.2) is 11.6 Å². The number of aryl methyl sites for hydroxylation is 1. The standard InChI is InChI=1S/C16H11F2NO3S/c1-9-2-4-10(5-3-9)23(21,22)15-8-19-14-7-13(18)12(17)6-11(14)16(15)20/h2-8H,1H3,(H,19,20). The van der Waals surface area contributed by atoms with Crippen molar-refractivity contribution in [3.05, 3.63) is 70.0 Å². The summed E-state index contributed by atoms with van der Waals surface area (Å²) in [4.78, 5) is 14.4. The fourth-order valence-corrected chi connectivity index (χ4v) is 3.56. The number of H-pyrrole nitrogens is 1. The molecule has 3 rings (SSSR count).